The van der Waals surface area contributed by atoms with Gasteiger partial charge in [-0.2, -0.15) is 0 Å². The van der Waals surface area contributed by atoms with Gasteiger partial charge in [0.2, 0.25) is 5.91 Å². The molecule has 2 N–H and O–H groups in total. The summed E-state index contributed by atoms with van der Waals surface area (Å²) in [6.07, 6.45) is 0.407. The fourth-order valence-electron chi connectivity index (χ4n) is 1.39. The highest BCUT2D eigenvalue weighted by Gasteiger charge is 2.02. The van der Waals surface area contributed by atoms with Crippen molar-refractivity contribution in [2.24, 2.45) is 0 Å². The summed E-state index contributed by atoms with van der Waals surface area (Å²) < 4.78 is 13.3. The first-order valence-corrected chi connectivity index (χ1v) is 5.30. The Kier molecular flexibility index (Phi) is 4.92. The van der Waals surface area contributed by atoms with Gasteiger partial charge >= 0.3 is 0 Å². The van der Waals surface area contributed by atoms with Gasteiger partial charge in [0.25, 0.3) is 0 Å². The van der Waals surface area contributed by atoms with E-state index in [1.54, 1.807) is 13.1 Å². The smallest absolute Gasteiger partial charge is 0.221 e. The largest absolute Gasteiger partial charge is 0.359 e. The number of aryl methyl sites for hydroxylation is 1. The maximum atomic E-state index is 13.3. The van der Waals surface area contributed by atoms with E-state index in [0.29, 0.717) is 25.1 Å². The summed E-state index contributed by atoms with van der Waals surface area (Å²) in [5.74, 6) is -0.227. The number of rotatable bonds is 5. The van der Waals surface area contributed by atoms with Crippen molar-refractivity contribution in [3.8, 4) is 0 Å². The molecule has 0 aliphatic carbocycles. The molecular formula is C12H17FN2O. The molecule has 0 spiro atoms. The summed E-state index contributed by atoms with van der Waals surface area (Å²) in [5.41, 5.74) is 1.67. The van der Waals surface area contributed by atoms with Crippen LogP contribution in [0.25, 0.3) is 0 Å². The van der Waals surface area contributed by atoms with Gasteiger partial charge in [-0.05, 0) is 13.0 Å². The summed E-state index contributed by atoms with van der Waals surface area (Å²) in [4.78, 5) is 10.9. The zero-order valence-electron chi connectivity index (χ0n) is 9.64. The molecule has 0 radical (unpaired) electrons. The Hall–Kier alpha value is -1.42. The molecule has 1 aromatic carbocycles. The second-order valence-corrected chi connectivity index (χ2v) is 3.69. The molecule has 88 valence electrons. The van der Waals surface area contributed by atoms with Crippen molar-refractivity contribution >= 4 is 5.91 Å². The second kappa shape index (κ2) is 6.23. The standard InChI is InChI=1S/C12H17FN2O/c1-9-3-4-11(13)10(7-9)8-15-6-5-12(16)14-2/h3-4,7,15H,5-6,8H2,1-2H3,(H,14,16). The number of benzene rings is 1. The highest BCUT2D eigenvalue weighted by Crippen LogP contribution is 2.09. The molecule has 0 unspecified atom stereocenters. The van der Waals surface area contributed by atoms with Gasteiger partial charge in [-0.15, -0.1) is 0 Å². The van der Waals surface area contributed by atoms with Crippen LogP contribution in [0.2, 0.25) is 0 Å². The fourth-order valence-corrected chi connectivity index (χ4v) is 1.39. The van der Waals surface area contributed by atoms with E-state index in [2.05, 4.69) is 10.6 Å². The van der Waals surface area contributed by atoms with Crippen LogP contribution < -0.4 is 10.6 Å². The monoisotopic (exact) mass is 224 g/mol. The summed E-state index contributed by atoms with van der Waals surface area (Å²) >= 11 is 0. The molecule has 0 saturated carbocycles. The summed E-state index contributed by atoms with van der Waals surface area (Å²) in [5, 5.41) is 5.57. The summed E-state index contributed by atoms with van der Waals surface area (Å²) in [6.45, 7) is 2.92. The van der Waals surface area contributed by atoms with Crippen LogP contribution in [0.15, 0.2) is 18.2 Å². The van der Waals surface area contributed by atoms with E-state index in [9.17, 15) is 9.18 Å². The van der Waals surface area contributed by atoms with E-state index >= 15 is 0 Å². The van der Waals surface area contributed by atoms with Crippen LogP contribution in [0.1, 0.15) is 17.5 Å². The maximum Gasteiger partial charge on any atom is 0.221 e. The van der Waals surface area contributed by atoms with Crippen LogP contribution in [-0.2, 0) is 11.3 Å². The minimum atomic E-state index is -0.210. The molecule has 0 aliphatic heterocycles. The molecule has 4 heteroatoms. The third-order valence-corrected chi connectivity index (χ3v) is 2.32. The molecule has 3 nitrogen and oxygen atoms in total. The summed E-state index contributed by atoms with van der Waals surface area (Å²) in [7, 11) is 1.60. The minimum Gasteiger partial charge on any atom is -0.359 e. The van der Waals surface area contributed by atoms with Crippen molar-refractivity contribution in [1.29, 1.82) is 0 Å². The fraction of sp³-hybridized carbons (Fsp3) is 0.417. The first-order chi connectivity index (χ1) is 7.63. The zero-order valence-corrected chi connectivity index (χ0v) is 9.64. The Balaban J connectivity index is 2.37. The van der Waals surface area contributed by atoms with Crippen molar-refractivity contribution in [2.45, 2.75) is 19.9 Å². The number of halogens is 1. The Morgan fingerprint density at radius 3 is 2.88 bits per heavy atom. The first kappa shape index (κ1) is 12.6. The number of hydrogen-bond donors (Lipinski definition) is 2. The molecule has 0 heterocycles. The van der Waals surface area contributed by atoms with Crippen LogP contribution in [0.3, 0.4) is 0 Å². The lowest BCUT2D eigenvalue weighted by molar-refractivity contribution is -0.120. The van der Waals surface area contributed by atoms with Gasteiger partial charge in [-0.3, -0.25) is 4.79 Å². The lowest BCUT2D eigenvalue weighted by Gasteiger charge is -2.06. The summed E-state index contributed by atoms with van der Waals surface area (Å²) in [6, 6.07) is 5.01. The molecule has 0 atom stereocenters. The van der Waals surface area contributed by atoms with E-state index in [-0.39, 0.29) is 11.7 Å². The van der Waals surface area contributed by atoms with Crippen molar-refractivity contribution in [2.75, 3.05) is 13.6 Å². The van der Waals surface area contributed by atoms with Gasteiger partial charge in [-0.1, -0.05) is 17.7 Å². The lowest BCUT2D eigenvalue weighted by atomic mass is 10.1. The molecule has 0 fully saturated rings. The molecule has 0 bridgehead atoms. The highest BCUT2D eigenvalue weighted by molar-refractivity contribution is 5.75. The van der Waals surface area contributed by atoms with E-state index < -0.39 is 0 Å². The average molecular weight is 224 g/mol. The van der Waals surface area contributed by atoms with Gasteiger partial charge in [0.05, 0.1) is 0 Å². The van der Waals surface area contributed by atoms with Crippen LogP contribution in [0.5, 0.6) is 0 Å². The topological polar surface area (TPSA) is 41.1 Å². The van der Waals surface area contributed by atoms with Crippen molar-refractivity contribution in [3.05, 3.63) is 35.1 Å². The third kappa shape index (κ3) is 3.98. The Bertz CT molecular complexity index is 366. The number of hydrogen-bond acceptors (Lipinski definition) is 2. The molecule has 0 saturated heterocycles. The van der Waals surface area contributed by atoms with Gasteiger partial charge < -0.3 is 10.6 Å². The van der Waals surface area contributed by atoms with Crippen molar-refractivity contribution < 1.29 is 9.18 Å². The Labute approximate surface area is 95.0 Å². The van der Waals surface area contributed by atoms with E-state index in [1.165, 1.54) is 6.07 Å². The van der Waals surface area contributed by atoms with Crippen molar-refractivity contribution in [1.82, 2.24) is 10.6 Å². The quantitative estimate of drug-likeness (QED) is 0.741. The first-order valence-electron chi connectivity index (χ1n) is 5.30. The zero-order chi connectivity index (χ0) is 12.0. The molecular weight excluding hydrogens is 207 g/mol. The predicted octanol–water partition coefficient (Wildman–Crippen LogP) is 1.36. The van der Waals surface area contributed by atoms with Crippen LogP contribution in [-0.4, -0.2) is 19.5 Å². The molecule has 1 aromatic rings. The SMILES string of the molecule is CNC(=O)CCNCc1cc(C)ccc1F. The number of carbonyl (C=O) groups is 1. The number of amides is 1. The normalized spacial score (nSPS) is 10.2. The van der Waals surface area contributed by atoms with Gasteiger partial charge in [0.15, 0.2) is 0 Å². The Morgan fingerprint density at radius 1 is 1.44 bits per heavy atom. The van der Waals surface area contributed by atoms with E-state index in [4.69, 9.17) is 0 Å². The highest BCUT2D eigenvalue weighted by atomic mass is 19.1. The molecule has 1 rings (SSSR count). The predicted molar refractivity (Wildman–Crippen MR) is 61.5 cm³/mol. The van der Waals surface area contributed by atoms with Gasteiger partial charge in [0.1, 0.15) is 5.82 Å². The Morgan fingerprint density at radius 2 is 2.19 bits per heavy atom. The average Bonchev–Trinajstić information content (AvgIpc) is 2.28. The van der Waals surface area contributed by atoms with Crippen LogP contribution in [0.4, 0.5) is 4.39 Å². The van der Waals surface area contributed by atoms with E-state index in [1.807, 2.05) is 13.0 Å². The maximum absolute atomic E-state index is 13.3. The van der Waals surface area contributed by atoms with Gasteiger partial charge in [0, 0.05) is 32.1 Å². The van der Waals surface area contributed by atoms with Crippen molar-refractivity contribution in [3.63, 3.8) is 0 Å². The van der Waals surface area contributed by atoms with Gasteiger partial charge in [-0.25, -0.2) is 4.39 Å². The lowest BCUT2D eigenvalue weighted by Crippen LogP contribution is -2.24. The molecule has 1 amide bonds. The van der Waals surface area contributed by atoms with E-state index in [0.717, 1.165) is 5.56 Å². The molecule has 0 aromatic heterocycles. The number of carbonyl (C=O) groups excluding carboxylic acids is 1. The second-order valence-electron chi connectivity index (χ2n) is 3.69. The number of nitrogens with one attached hydrogen (secondary N) is 2. The third-order valence-electron chi connectivity index (χ3n) is 2.32. The van der Waals surface area contributed by atoms with Crippen LogP contribution >= 0.6 is 0 Å². The molecule has 16 heavy (non-hydrogen) atoms. The van der Waals surface area contributed by atoms with Crippen LogP contribution in [0, 0.1) is 12.7 Å². The minimum absolute atomic E-state index is 0.0165. The molecule has 0 aliphatic rings.